The zero-order valence-electron chi connectivity index (χ0n) is 12.1. The van der Waals surface area contributed by atoms with Gasteiger partial charge in [-0.2, -0.15) is 8.42 Å². The van der Waals surface area contributed by atoms with E-state index in [1.807, 2.05) is 0 Å². The second kappa shape index (κ2) is 6.91. The summed E-state index contributed by atoms with van der Waals surface area (Å²) in [7, 11) is -3.80. The van der Waals surface area contributed by atoms with Crippen molar-refractivity contribution < 1.29 is 17.7 Å². The van der Waals surface area contributed by atoms with Gasteiger partial charge >= 0.3 is 0 Å². The number of hydrogen-bond donors (Lipinski definition) is 1. The summed E-state index contributed by atoms with van der Waals surface area (Å²) in [6, 6.07) is 9.62. The molecule has 21 heavy (non-hydrogen) atoms. The van der Waals surface area contributed by atoms with Crippen LogP contribution in [0.3, 0.4) is 0 Å². The fourth-order valence-electron chi connectivity index (χ4n) is 2.23. The number of aromatic hydroxyl groups is 1. The Morgan fingerprint density at radius 2 is 1.71 bits per heavy atom. The molecule has 0 aliphatic carbocycles. The maximum absolute atomic E-state index is 12.3. The maximum atomic E-state index is 12.3. The van der Waals surface area contributed by atoms with Crippen LogP contribution >= 0.6 is 0 Å². The molecule has 1 N–H and O–H groups in total. The van der Waals surface area contributed by atoms with Gasteiger partial charge in [-0.1, -0.05) is 50.5 Å². The number of phenols is 1. The quantitative estimate of drug-likeness (QED) is 0.623. The SMILES string of the molecule is CCCCCCOS(=O)(=O)c1ccc(O)c2ccccc12. The Morgan fingerprint density at radius 3 is 2.43 bits per heavy atom. The Labute approximate surface area is 125 Å². The zero-order chi connectivity index (χ0) is 15.3. The van der Waals surface area contributed by atoms with Crippen LogP contribution in [0.5, 0.6) is 5.75 Å². The summed E-state index contributed by atoms with van der Waals surface area (Å²) in [6.07, 6.45) is 3.85. The van der Waals surface area contributed by atoms with E-state index in [0.717, 1.165) is 25.7 Å². The summed E-state index contributed by atoms with van der Waals surface area (Å²) in [4.78, 5) is 0.103. The molecular weight excluding hydrogens is 288 g/mol. The summed E-state index contributed by atoms with van der Waals surface area (Å²) in [6.45, 7) is 2.29. The van der Waals surface area contributed by atoms with Crippen molar-refractivity contribution in [2.75, 3.05) is 6.61 Å². The minimum Gasteiger partial charge on any atom is -0.507 e. The third kappa shape index (κ3) is 3.74. The van der Waals surface area contributed by atoms with E-state index >= 15 is 0 Å². The molecule has 0 amide bonds. The van der Waals surface area contributed by atoms with Gasteiger partial charge in [0.15, 0.2) is 0 Å². The molecule has 0 saturated carbocycles. The first-order valence-corrected chi connectivity index (χ1v) is 8.57. The van der Waals surface area contributed by atoms with E-state index in [1.54, 1.807) is 24.3 Å². The highest BCUT2D eigenvalue weighted by Crippen LogP contribution is 2.30. The van der Waals surface area contributed by atoms with Gasteiger partial charge in [-0.05, 0) is 18.6 Å². The average Bonchev–Trinajstić information content (AvgIpc) is 2.47. The van der Waals surface area contributed by atoms with Crippen LogP contribution < -0.4 is 0 Å². The minimum absolute atomic E-state index is 0.0625. The lowest BCUT2D eigenvalue weighted by Gasteiger charge is -2.09. The molecule has 2 aromatic carbocycles. The number of fused-ring (bicyclic) bond motifs is 1. The molecule has 5 heteroatoms. The van der Waals surface area contributed by atoms with Crippen LogP contribution in [0.1, 0.15) is 32.6 Å². The van der Waals surface area contributed by atoms with Gasteiger partial charge in [0.1, 0.15) is 10.6 Å². The summed E-state index contributed by atoms with van der Waals surface area (Å²) in [5.74, 6) is 0.0625. The van der Waals surface area contributed by atoms with Gasteiger partial charge in [-0.15, -0.1) is 0 Å². The van der Waals surface area contributed by atoms with E-state index in [0.29, 0.717) is 10.8 Å². The first-order valence-electron chi connectivity index (χ1n) is 7.16. The fraction of sp³-hybridized carbons (Fsp3) is 0.375. The number of benzene rings is 2. The molecule has 0 atom stereocenters. The van der Waals surface area contributed by atoms with Crippen molar-refractivity contribution in [1.29, 1.82) is 0 Å². The van der Waals surface area contributed by atoms with Crippen LogP contribution in [-0.2, 0) is 14.3 Å². The van der Waals surface area contributed by atoms with Gasteiger partial charge in [0, 0.05) is 10.8 Å². The molecule has 2 aromatic rings. The van der Waals surface area contributed by atoms with Crippen molar-refractivity contribution in [2.24, 2.45) is 0 Å². The molecule has 4 nitrogen and oxygen atoms in total. The summed E-state index contributed by atoms with van der Waals surface area (Å²) in [5, 5.41) is 10.8. The average molecular weight is 308 g/mol. The largest absolute Gasteiger partial charge is 0.507 e. The Kier molecular flexibility index (Phi) is 5.20. The van der Waals surface area contributed by atoms with Crippen LogP contribution in [0.4, 0.5) is 0 Å². The van der Waals surface area contributed by atoms with Crippen LogP contribution in [-0.4, -0.2) is 20.1 Å². The van der Waals surface area contributed by atoms with Crippen molar-refractivity contribution in [2.45, 2.75) is 37.5 Å². The van der Waals surface area contributed by atoms with E-state index in [4.69, 9.17) is 4.18 Å². The van der Waals surface area contributed by atoms with Crippen LogP contribution in [0.2, 0.25) is 0 Å². The van der Waals surface area contributed by atoms with Crippen LogP contribution in [0.25, 0.3) is 10.8 Å². The molecule has 0 radical (unpaired) electrons. The Hall–Kier alpha value is -1.59. The van der Waals surface area contributed by atoms with Gasteiger partial charge in [0.05, 0.1) is 6.61 Å². The molecule has 2 rings (SSSR count). The van der Waals surface area contributed by atoms with Crippen molar-refractivity contribution in [3.05, 3.63) is 36.4 Å². The monoisotopic (exact) mass is 308 g/mol. The highest BCUT2D eigenvalue weighted by Gasteiger charge is 2.19. The molecule has 114 valence electrons. The minimum atomic E-state index is -3.80. The van der Waals surface area contributed by atoms with Crippen molar-refractivity contribution >= 4 is 20.9 Å². The summed E-state index contributed by atoms with van der Waals surface area (Å²) in [5.41, 5.74) is 0. The first kappa shape index (κ1) is 15.8. The Morgan fingerprint density at radius 1 is 1.00 bits per heavy atom. The van der Waals surface area contributed by atoms with Crippen LogP contribution in [0, 0.1) is 0 Å². The van der Waals surface area contributed by atoms with E-state index in [9.17, 15) is 13.5 Å². The lowest BCUT2D eigenvalue weighted by atomic mass is 10.1. The molecule has 0 saturated heterocycles. The normalized spacial score (nSPS) is 11.9. The molecule has 0 aromatic heterocycles. The predicted octanol–water partition coefficient (Wildman–Crippen LogP) is 3.83. The Balaban J connectivity index is 2.23. The summed E-state index contributed by atoms with van der Waals surface area (Å²) < 4.78 is 29.7. The zero-order valence-corrected chi connectivity index (χ0v) is 12.9. The molecule has 0 heterocycles. The third-order valence-corrected chi connectivity index (χ3v) is 4.74. The fourth-order valence-corrected chi connectivity index (χ4v) is 3.38. The highest BCUT2D eigenvalue weighted by molar-refractivity contribution is 7.87. The third-order valence-electron chi connectivity index (χ3n) is 3.37. The second-order valence-electron chi connectivity index (χ2n) is 4.97. The Bertz CT molecular complexity index is 707. The van der Waals surface area contributed by atoms with Gasteiger partial charge in [-0.25, -0.2) is 0 Å². The van der Waals surface area contributed by atoms with Crippen molar-refractivity contribution in [3.63, 3.8) is 0 Å². The smallest absolute Gasteiger partial charge is 0.297 e. The van der Waals surface area contributed by atoms with E-state index in [1.165, 1.54) is 12.1 Å². The topological polar surface area (TPSA) is 63.6 Å². The number of hydrogen-bond acceptors (Lipinski definition) is 4. The highest BCUT2D eigenvalue weighted by atomic mass is 32.2. The van der Waals surface area contributed by atoms with E-state index < -0.39 is 10.1 Å². The molecular formula is C16H20O4S. The van der Waals surface area contributed by atoms with Crippen molar-refractivity contribution in [3.8, 4) is 5.75 Å². The maximum Gasteiger partial charge on any atom is 0.297 e. The van der Waals surface area contributed by atoms with Crippen LogP contribution in [0.15, 0.2) is 41.3 Å². The first-order chi connectivity index (χ1) is 10.1. The molecule has 0 unspecified atom stereocenters. The molecule has 0 aliphatic heterocycles. The molecule has 0 fully saturated rings. The van der Waals surface area contributed by atoms with Crippen molar-refractivity contribution in [1.82, 2.24) is 0 Å². The van der Waals surface area contributed by atoms with Gasteiger partial charge < -0.3 is 5.11 Å². The van der Waals surface area contributed by atoms with Gasteiger partial charge in [-0.3, -0.25) is 4.18 Å². The predicted molar refractivity (Wildman–Crippen MR) is 82.9 cm³/mol. The summed E-state index contributed by atoms with van der Waals surface area (Å²) >= 11 is 0. The van der Waals surface area contributed by atoms with Gasteiger partial charge in [0.25, 0.3) is 10.1 Å². The number of unbranched alkanes of at least 4 members (excludes halogenated alkanes) is 3. The molecule has 0 bridgehead atoms. The second-order valence-corrected chi connectivity index (χ2v) is 6.55. The lowest BCUT2D eigenvalue weighted by molar-refractivity contribution is 0.307. The molecule has 0 spiro atoms. The standard InChI is InChI=1S/C16H20O4S/c1-2-3-4-7-12-20-21(18,19)16-11-10-15(17)13-8-5-6-9-14(13)16/h5-6,8-11,17H,2-4,7,12H2,1H3. The van der Waals surface area contributed by atoms with E-state index in [2.05, 4.69) is 6.92 Å². The number of rotatable bonds is 7. The number of phenolic OH excluding ortho intramolecular Hbond substituents is 1. The van der Waals surface area contributed by atoms with E-state index in [-0.39, 0.29) is 17.3 Å². The lowest BCUT2D eigenvalue weighted by Crippen LogP contribution is -2.08. The molecule has 0 aliphatic rings. The van der Waals surface area contributed by atoms with Gasteiger partial charge in [0.2, 0.25) is 0 Å².